The number of aliphatic hydroxyl groups excluding tert-OH is 1. The Bertz CT molecular complexity index is 284. The van der Waals surface area contributed by atoms with Gasteiger partial charge in [0.25, 0.3) is 0 Å². The Hall–Kier alpha value is -0.830. The van der Waals surface area contributed by atoms with E-state index in [0.717, 1.165) is 32.1 Å². The van der Waals surface area contributed by atoms with Crippen LogP contribution in [0.4, 0.5) is 0 Å². The fourth-order valence-corrected chi connectivity index (χ4v) is 2.75. The lowest BCUT2D eigenvalue weighted by atomic mass is 9.79. The molecule has 0 heterocycles. The van der Waals surface area contributed by atoms with Crippen molar-refractivity contribution < 1.29 is 9.90 Å². The van der Waals surface area contributed by atoms with Gasteiger partial charge in [-0.25, -0.2) is 0 Å². The maximum Gasteiger partial charge on any atom is 0.221 e. The molecule has 1 atom stereocenters. The second-order valence-electron chi connectivity index (χ2n) is 5.00. The minimum atomic E-state index is -0.244. The SMILES string of the molecule is CCCCCC1=C(CC(N)=O)CCCC1CO. The van der Waals surface area contributed by atoms with Crippen molar-refractivity contribution in [3.8, 4) is 0 Å². The van der Waals surface area contributed by atoms with Crippen molar-refractivity contribution in [2.24, 2.45) is 11.7 Å². The number of hydrogen-bond donors (Lipinski definition) is 2. The topological polar surface area (TPSA) is 63.3 Å². The summed E-state index contributed by atoms with van der Waals surface area (Å²) in [7, 11) is 0. The molecule has 1 aliphatic carbocycles. The van der Waals surface area contributed by atoms with Crippen LogP contribution >= 0.6 is 0 Å². The molecule has 0 radical (unpaired) electrons. The highest BCUT2D eigenvalue weighted by molar-refractivity contribution is 5.76. The molecule has 3 N–H and O–H groups in total. The maximum atomic E-state index is 11.1. The molecule has 0 aromatic rings. The molecule has 0 aromatic heterocycles. The molecule has 1 amide bonds. The first-order valence-corrected chi connectivity index (χ1v) is 6.79. The van der Waals surface area contributed by atoms with Gasteiger partial charge in [0.2, 0.25) is 5.91 Å². The summed E-state index contributed by atoms with van der Waals surface area (Å²) in [5.41, 5.74) is 7.82. The molecule has 1 rings (SSSR count). The van der Waals surface area contributed by atoms with E-state index in [9.17, 15) is 9.90 Å². The minimum absolute atomic E-state index is 0.212. The van der Waals surface area contributed by atoms with Crippen molar-refractivity contribution in [3.63, 3.8) is 0 Å². The van der Waals surface area contributed by atoms with Crippen molar-refractivity contribution in [2.75, 3.05) is 6.61 Å². The molecule has 0 bridgehead atoms. The number of nitrogens with two attached hydrogens (primary N) is 1. The third-order valence-corrected chi connectivity index (χ3v) is 3.64. The number of unbranched alkanes of at least 4 members (excludes halogenated alkanes) is 2. The van der Waals surface area contributed by atoms with E-state index in [0.29, 0.717) is 6.42 Å². The van der Waals surface area contributed by atoms with Gasteiger partial charge in [-0.05, 0) is 32.1 Å². The Kier molecular flexibility index (Phi) is 6.27. The van der Waals surface area contributed by atoms with E-state index < -0.39 is 0 Å². The van der Waals surface area contributed by atoms with Crippen molar-refractivity contribution in [3.05, 3.63) is 11.1 Å². The predicted octanol–water partition coefficient (Wildman–Crippen LogP) is 2.53. The van der Waals surface area contributed by atoms with Crippen LogP contribution in [0.2, 0.25) is 0 Å². The molecule has 0 saturated carbocycles. The Balaban J connectivity index is 2.73. The van der Waals surface area contributed by atoms with Gasteiger partial charge in [0.1, 0.15) is 0 Å². The van der Waals surface area contributed by atoms with Crippen LogP contribution in [0.5, 0.6) is 0 Å². The first kappa shape index (κ1) is 14.2. The highest BCUT2D eigenvalue weighted by atomic mass is 16.3. The van der Waals surface area contributed by atoms with E-state index >= 15 is 0 Å². The summed E-state index contributed by atoms with van der Waals surface area (Å²) in [6, 6.07) is 0. The van der Waals surface area contributed by atoms with Gasteiger partial charge in [-0.3, -0.25) is 4.79 Å². The van der Waals surface area contributed by atoms with Crippen molar-refractivity contribution >= 4 is 5.91 Å². The molecule has 1 unspecified atom stereocenters. The van der Waals surface area contributed by atoms with Crippen LogP contribution in [0.3, 0.4) is 0 Å². The van der Waals surface area contributed by atoms with Crippen molar-refractivity contribution in [1.29, 1.82) is 0 Å². The van der Waals surface area contributed by atoms with Crippen LogP contribution < -0.4 is 5.73 Å². The zero-order valence-electron chi connectivity index (χ0n) is 10.9. The van der Waals surface area contributed by atoms with Crippen molar-refractivity contribution in [1.82, 2.24) is 0 Å². The van der Waals surface area contributed by atoms with Crippen LogP contribution in [0.25, 0.3) is 0 Å². The first-order valence-electron chi connectivity index (χ1n) is 6.79. The van der Waals surface area contributed by atoms with E-state index in [4.69, 9.17) is 5.73 Å². The normalized spacial score (nSPS) is 20.7. The third kappa shape index (κ3) is 4.50. The van der Waals surface area contributed by atoms with Gasteiger partial charge in [-0.15, -0.1) is 0 Å². The Morgan fingerprint density at radius 2 is 2.24 bits per heavy atom. The molecule has 3 heteroatoms. The summed E-state index contributed by atoms with van der Waals surface area (Å²) in [6.07, 6.45) is 8.10. The Morgan fingerprint density at radius 1 is 1.47 bits per heavy atom. The summed E-state index contributed by atoms with van der Waals surface area (Å²) in [6.45, 7) is 2.40. The maximum absolute atomic E-state index is 11.1. The van der Waals surface area contributed by atoms with Gasteiger partial charge >= 0.3 is 0 Å². The number of rotatable bonds is 7. The number of aliphatic hydroxyl groups is 1. The van der Waals surface area contributed by atoms with Crippen LogP contribution in [0.15, 0.2) is 11.1 Å². The largest absolute Gasteiger partial charge is 0.396 e. The van der Waals surface area contributed by atoms with Gasteiger partial charge in [0.05, 0.1) is 0 Å². The average molecular weight is 239 g/mol. The second-order valence-corrected chi connectivity index (χ2v) is 5.00. The van der Waals surface area contributed by atoms with E-state index in [2.05, 4.69) is 6.92 Å². The van der Waals surface area contributed by atoms with E-state index in [1.807, 2.05) is 0 Å². The molecular formula is C14H25NO2. The molecule has 3 nitrogen and oxygen atoms in total. The van der Waals surface area contributed by atoms with Gasteiger partial charge in [0.15, 0.2) is 0 Å². The highest BCUT2D eigenvalue weighted by Gasteiger charge is 2.22. The van der Waals surface area contributed by atoms with E-state index in [1.165, 1.54) is 24.0 Å². The molecule has 0 spiro atoms. The summed E-state index contributed by atoms with van der Waals surface area (Å²) in [5.74, 6) is 0.0292. The van der Waals surface area contributed by atoms with Crippen LogP contribution in [-0.2, 0) is 4.79 Å². The standard InChI is InChI=1S/C14H25NO2/c1-2-3-4-8-13-11(9-14(15)17)6-5-7-12(13)10-16/h12,16H,2-10H2,1H3,(H2,15,17). The number of hydrogen-bond acceptors (Lipinski definition) is 2. The quantitative estimate of drug-likeness (QED) is 0.529. The lowest BCUT2D eigenvalue weighted by molar-refractivity contribution is -0.117. The number of carbonyl (C=O) groups excluding carboxylic acids is 1. The molecule has 0 fully saturated rings. The zero-order chi connectivity index (χ0) is 12.7. The highest BCUT2D eigenvalue weighted by Crippen LogP contribution is 2.34. The Morgan fingerprint density at radius 3 is 2.82 bits per heavy atom. The Labute approximate surface area is 104 Å². The van der Waals surface area contributed by atoms with Crippen LogP contribution in [0, 0.1) is 5.92 Å². The van der Waals surface area contributed by atoms with Gasteiger partial charge < -0.3 is 10.8 Å². The average Bonchev–Trinajstić information content (AvgIpc) is 2.30. The summed E-state index contributed by atoms with van der Waals surface area (Å²) >= 11 is 0. The molecular weight excluding hydrogens is 214 g/mol. The number of primary amides is 1. The fraction of sp³-hybridized carbons (Fsp3) is 0.786. The molecule has 1 aliphatic rings. The summed E-state index contributed by atoms with van der Waals surface area (Å²) in [5, 5.41) is 9.42. The molecule has 0 saturated heterocycles. The molecule has 98 valence electrons. The summed E-state index contributed by atoms with van der Waals surface area (Å²) in [4.78, 5) is 11.1. The zero-order valence-corrected chi connectivity index (χ0v) is 10.9. The lowest BCUT2D eigenvalue weighted by Crippen LogP contribution is -2.20. The first-order chi connectivity index (χ1) is 8.19. The van der Waals surface area contributed by atoms with E-state index in [1.54, 1.807) is 0 Å². The predicted molar refractivity (Wildman–Crippen MR) is 69.4 cm³/mol. The van der Waals surface area contributed by atoms with Crippen LogP contribution in [-0.4, -0.2) is 17.6 Å². The van der Waals surface area contributed by atoms with Crippen molar-refractivity contribution in [2.45, 2.75) is 58.3 Å². The monoisotopic (exact) mass is 239 g/mol. The van der Waals surface area contributed by atoms with Gasteiger partial charge in [-0.1, -0.05) is 30.9 Å². The fourth-order valence-electron chi connectivity index (χ4n) is 2.75. The summed E-state index contributed by atoms with van der Waals surface area (Å²) < 4.78 is 0. The van der Waals surface area contributed by atoms with Crippen LogP contribution in [0.1, 0.15) is 58.3 Å². The second kappa shape index (κ2) is 7.49. The minimum Gasteiger partial charge on any atom is -0.396 e. The van der Waals surface area contributed by atoms with Gasteiger partial charge in [0, 0.05) is 18.9 Å². The number of carbonyl (C=O) groups is 1. The lowest BCUT2D eigenvalue weighted by Gasteiger charge is -2.27. The van der Waals surface area contributed by atoms with E-state index in [-0.39, 0.29) is 18.4 Å². The molecule has 17 heavy (non-hydrogen) atoms. The number of amides is 1. The van der Waals surface area contributed by atoms with Gasteiger partial charge in [-0.2, -0.15) is 0 Å². The molecule has 0 aromatic carbocycles. The third-order valence-electron chi connectivity index (χ3n) is 3.64. The molecule has 0 aliphatic heterocycles. The smallest absolute Gasteiger partial charge is 0.221 e.